The predicted molar refractivity (Wildman–Crippen MR) is 50.6 cm³/mol. The molecule has 84 valence electrons. The zero-order valence-electron chi connectivity index (χ0n) is 8.21. The summed E-state index contributed by atoms with van der Waals surface area (Å²) in [7, 11) is 0. The van der Waals surface area contributed by atoms with Crippen molar-refractivity contribution < 1.29 is 17.9 Å². The Morgan fingerprint density at radius 2 is 2.07 bits per heavy atom. The number of nitrogens with two attached hydrogens (primary N) is 1. The standard InChI is InChI=1S/C10H12F3NO/c1-7(14)6-15-9-4-2-3-8(5-9)10(11,12)13/h2-5,7H,6,14H2,1H3/t7-/m0/s1. The van der Waals surface area contributed by atoms with Gasteiger partial charge in [0.15, 0.2) is 0 Å². The maximum atomic E-state index is 12.3. The van der Waals surface area contributed by atoms with Crippen LogP contribution in [0.15, 0.2) is 24.3 Å². The van der Waals surface area contributed by atoms with E-state index in [1.807, 2.05) is 0 Å². The van der Waals surface area contributed by atoms with Crippen LogP contribution in [-0.2, 0) is 6.18 Å². The van der Waals surface area contributed by atoms with Crippen molar-refractivity contribution in [2.75, 3.05) is 6.61 Å². The van der Waals surface area contributed by atoms with Crippen molar-refractivity contribution >= 4 is 0 Å². The number of rotatable bonds is 3. The maximum absolute atomic E-state index is 12.3. The summed E-state index contributed by atoms with van der Waals surface area (Å²) in [6.07, 6.45) is -4.34. The minimum absolute atomic E-state index is 0.183. The first kappa shape index (κ1) is 11.8. The molecule has 5 heteroatoms. The monoisotopic (exact) mass is 219 g/mol. The number of ether oxygens (including phenoxy) is 1. The van der Waals surface area contributed by atoms with Crippen LogP contribution in [0.4, 0.5) is 13.2 Å². The topological polar surface area (TPSA) is 35.2 Å². The molecule has 0 aliphatic heterocycles. The number of halogens is 3. The van der Waals surface area contributed by atoms with Crippen LogP contribution >= 0.6 is 0 Å². The third kappa shape index (κ3) is 3.79. The van der Waals surface area contributed by atoms with E-state index in [4.69, 9.17) is 10.5 Å². The molecule has 0 bridgehead atoms. The third-order valence-corrected chi connectivity index (χ3v) is 1.67. The summed E-state index contributed by atoms with van der Waals surface area (Å²) in [5.74, 6) is 0.183. The molecule has 0 saturated carbocycles. The lowest BCUT2D eigenvalue weighted by Gasteiger charge is -2.11. The Balaban J connectivity index is 2.75. The van der Waals surface area contributed by atoms with E-state index in [-0.39, 0.29) is 18.4 Å². The molecule has 0 heterocycles. The fraction of sp³-hybridized carbons (Fsp3) is 0.400. The van der Waals surface area contributed by atoms with Crippen molar-refractivity contribution in [1.82, 2.24) is 0 Å². The Morgan fingerprint density at radius 3 is 2.60 bits per heavy atom. The van der Waals surface area contributed by atoms with Crippen molar-refractivity contribution in [2.45, 2.75) is 19.1 Å². The van der Waals surface area contributed by atoms with Crippen molar-refractivity contribution in [2.24, 2.45) is 5.73 Å². The average Bonchev–Trinajstić information content (AvgIpc) is 2.14. The highest BCUT2D eigenvalue weighted by Crippen LogP contribution is 2.31. The minimum Gasteiger partial charge on any atom is -0.492 e. The Morgan fingerprint density at radius 1 is 1.40 bits per heavy atom. The van der Waals surface area contributed by atoms with E-state index in [1.54, 1.807) is 6.92 Å². The summed E-state index contributed by atoms with van der Waals surface area (Å²) in [5.41, 5.74) is 4.70. The second-order valence-corrected chi connectivity index (χ2v) is 3.31. The zero-order chi connectivity index (χ0) is 11.5. The Kier molecular flexibility index (Phi) is 3.57. The van der Waals surface area contributed by atoms with Gasteiger partial charge >= 0.3 is 6.18 Å². The second-order valence-electron chi connectivity index (χ2n) is 3.31. The van der Waals surface area contributed by atoms with Crippen LogP contribution in [0.1, 0.15) is 12.5 Å². The molecule has 0 aliphatic rings. The van der Waals surface area contributed by atoms with Crippen LogP contribution in [0.3, 0.4) is 0 Å². The van der Waals surface area contributed by atoms with Crippen LogP contribution in [0.5, 0.6) is 5.75 Å². The molecular formula is C10H12F3NO. The molecule has 1 aromatic carbocycles. The van der Waals surface area contributed by atoms with Gasteiger partial charge in [0.25, 0.3) is 0 Å². The molecule has 1 aromatic rings. The van der Waals surface area contributed by atoms with Gasteiger partial charge in [0, 0.05) is 6.04 Å². The summed E-state index contributed by atoms with van der Waals surface area (Å²) in [5, 5.41) is 0. The lowest BCUT2D eigenvalue weighted by atomic mass is 10.2. The summed E-state index contributed by atoms with van der Waals surface area (Å²) in [4.78, 5) is 0. The van der Waals surface area contributed by atoms with E-state index in [0.717, 1.165) is 12.1 Å². The fourth-order valence-electron chi connectivity index (χ4n) is 0.990. The first-order valence-electron chi connectivity index (χ1n) is 4.45. The lowest BCUT2D eigenvalue weighted by molar-refractivity contribution is -0.137. The maximum Gasteiger partial charge on any atom is 0.416 e. The Hall–Kier alpha value is -1.23. The molecule has 2 N–H and O–H groups in total. The number of hydrogen-bond acceptors (Lipinski definition) is 2. The van der Waals surface area contributed by atoms with Gasteiger partial charge in [0.05, 0.1) is 5.56 Å². The Labute approximate surface area is 85.8 Å². The number of hydrogen-bond donors (Lipinski definition) is 1. The van der Waals surface area contributed by atoms with Crippen molar-refractivity contribution in [3.05, 3.63) is 29.8 Å². The molecule has 1 rings (SSSR count). The summed E-state index contributed by atoms with van der Waals surface area (Å²) >= 11 is 0. The molecule has 0 aliphatic carbocycles. The van der Waals surface area contributed by atoms with Gasteiger partial charge in [-0.2, -0.15) is 13.2 Å². The van der Waals surface area contributed by atoms with Crippen LogP contribution in [-0.4, -0.2) is 12.6 Å². The van der Waals surface area contributed by atoms with Crippen molar-refractivity contribution in [3.8, 4) is 5.75 Å². The van der Waals surface area contributed by atoms with E-state index in [0.29, 0.717) is 0 Å². The van der Waals surface area contributed by atoms with Crippen LogP contribution in [0, 0.1) is 0 Å². The highest BCUT2D eigenvalue weighted by Gasteiger charge is 2.30. The molecule has 0 spiro atoms. The normalized spacial score (nSPS) is 13.7. The molecule has 1 atom stereocenters. The van der Waals surface area contributed by atoms with Gasteiger partial charge in [-0.3, -0.25) is 0 Å². The molecular weight excluding hydrogens is 207 g/mol. The number of benzene rings is 1. The van der Waals surface area contributed by atoms with Crippen LogP contribution in [0.25, 0.3) is 0 Å². The van der Waals surface area contributed by atoms with E-state index >= 15 is 0 Å². The predicted octanol–water partition coefficient (Wildman–Crippen LogP) is 2.43. The fourth-order valence-corrected chi connectivity index (χ4v) is 0.990. The molecule has 0 amide bonds. The minimum atomic E-state index is -4.34. The average molecular weight is 219 g/mol. The van der Waals surface area contributed by atoms with Gasteiger partial charge in [-0.1, -0.05) is 6.07 Å². The van der Waals surface area contributed by atoms with Gasteiger partial charge in [-0.15, -0.1) is 0 Å². The highest BCUT2D eigenvalue weighted by atomic mass is 19.4. The lowest BCUT2D eigenvalue weighted by Crippen LogP contribution is -2.23. The molecule has 0 fully saturated rings. The van der Waals surface area contributed by atoms with Gasteiger partial charge in [0.1, 0.15) is 12.4 Å². The van der Waals surface area contributed by atoms with Crippen molar-refractivity contribution in [3.63, 3.8) is 0 Å². The molecule has 2 nitrogen and oxygen atoms in total. The Bertz CT molecular complexity index is 323. The molecule has 0 radical (unpaired) electrons. The van der Waals surface area contributed by atoms with Crippen LogP contribution < -0.4 is 10.5 Å². The van der Waals surface area contributed by atoms with E-state index in [9.17, 15) is 13.2 Å². The smallest absolute Gasteiger partial charge is 0.416 e. The molecule has 0 saturated heterocycles. The summed E-state index contributed by atoms with van der Waals surface area (Å²) in [6, 6.07) is 4.53. The molecule has 15 heavy (non-hydrogen) atoms. The second kappa shape index (κ2) is 4.53. The van der Waals surface area contributed by atoms with E-state index < -0.39 is 11.7 Å². The van der Waals surface area contributed by atoms with E-state index in [2.05, 4.69) is 0 Å². The van der Waals surface area contributed by atoms with Gasteiger partial charge < -0.3 is 10.5 Å². The highest BCUT2D eigenvalue weighted by molar-refractivity contribution is 5.30. The first-order valence-corrected chi connectivity index (χ1v) is 4.45. The molecule has 0 unspecified atom stereocenters. The molecule has 0 aromatic heterocycles. The summed E-state index contributed by atoms with van der Waals surface area (Å²) in [6.45, 7) is 1.91. The van der Waals surface area contributed by atoms with Gasteiger partial charge in [-0.05, 0) is 25.1 Å². The zero-order valence-corrected chi connectivity index (χ0v) is 8.21. The van der Waals surface area contributed by atoms with Crippen LogP contribution in [0.2, 0.25) is 0 Å². The largest absolute Gasteiger partial charge is 0.492 e. The van der Waals surface area contributed by atoms with Gasteiger partial charge in [-0.25, -0.2) is 0 Å². The van der Waals surface area contributed by atoms with E-state index in [1.165, 1.54) is 12.1 Å². The van der Waals surface area contributed by atoms with Crippen molar-refractivity contribution in [1.29, 1.82) is 0 Å². The third-order valence-electron chi connectivity index (χ3n) is 1.67. The SMILES string of the molecule is C[C@H](N)COc1cccc(C(F)(F)F)c1. The first-order chi connectivity index (χ1) is 6.89. The quantitative estimate of drug-likeness (QED) is 0.847. The number of alkyl halides is 3. The van der Waals surface area contributed by atoms with Gasteiger partial charge in [0.2, 0.25) is 0 Å². The summed E-state index contributed by atoms with van der Waals surface area (Å²) < 4.78 is 41.9.